The predicted octanol–water partition coefficient (Wildman–Crippen LogP) is -0.0385. The van der Waals surface area contributed by atoms with Gasteiger partial charge in [0.05, 0.1) is 0 Å². The molecule has 50 valence electrons. The maximum absolute atomic E-state index is 4.80. The minimum absolute atomic E-state index is 0.487. The Kier molecular flexibility index (Phi) is 1.79. The average Bonchev–Trinajstić information content (AvgIpc) is 2.17. The molecule has 4 nitrogen and oxygen atoms in total. The third-order valence-corrected chi connectivity index (χ3v) is 0.920. The summed E-state index contributed by atoms with van der Waals surface area (Å²) < 4.78 is 6.45. The topological polar surface area (TPSA) is 39.9 Å². The Morgan fingerprint density at radius 1 is 1.78 bits per heavy atom. The highest BCUT2D eigenvalue weighted by Crippen LogP contribution is 1.87. The lowest BCUT2D eigenvalue weighted by molar-refractivity contribution is 0.177. The van der Waals surface area contributed by atoms with E-state index in [9.17, 15) is 0 Å². The second kappa shape index (κ2) is 2.59. The van der Waals surface area contributed by atoms with Gasteiger partial charge in [0, 0.05) is 14.2 Å². The van der Waals surface area contributed by atoms with Gasteiger partial charge in [0.2, 0.25) is 0 Å². The van der Waals surface area contributed by atoms with Crippen molar-refractivity contribution in [3.63, 3.8) is 0 Å². The Morgan fingerprint density at radius 3 is 3.00 bits per heavy atom. The predicted molar refractivity (Wildman–Crippen MR) is 31.7 cm³/mol. The number of ether oxygens (including phenoxy) is 1. The molecule has 0 spiro atoms. The van der Waals surface area contributed by atoms with Crippen LogP contribution in [-0.4, -0.2) is 21.9 Å². The van der Waals surface area contributed by atoms with Crippen molar-refractivity contribution in [3.8, 4) is 0 Å². The SMILES string of the molecule is COCc1ncn(C)n1. The van der Waals surface area contributed by atoms with Gasteiger partial charge in [0.25, 0.3) is 0 Å². The van der Waals surface area contributed by atoms with E-state index in [-0.39, 0.29) is 0 Å². The van der Waals surface area contributed by atoms with Crippen LogP contribution in [0.4, 0.5) is 0 Å². The third kappa shape index (κ3) is 1.50. The van der Waals surface area contributed by atoms with Crippen LogP contribution in [0.2, 0.25) is 0 Å². The average molecular weight is 127 g/mol. The highest BCUT2D eigenvalue weighted by Gasteiger charge is 1.93. The van der Waals surface area contributed by atoms with Crippen molar-refractivity contribution >= 4 is 0 Å². The Bertz CT molecular complexity index is 184. The van der Waals surface area contributed by atoms with Gasteiger partial charge in [-0.3, -0.25) is 4.68 Å². The molecule has 0 fully saturated rings. The number of nitrogens with zero attached hydrogens (tertiary/aromatic N) is 3. The van der Waals surface area contributed by atoms with Crippen LogP contribution in [0.1, 0.15) is 5.82 Å². The van der Waals surface area contributed by atoms with Crippen molar-refractivity contribution in [2.75, 3.05) is 7.11 Å². The fourth-order valence-corrected chi connectivity index (χ4v) is 0.579. The zero-order valence-corrected chi connectivity index (χ0v) is 5.53. The van der Waals surface area contributed by atoms with Crippen LogP contribution in [0, 0.1) is 0 Å². The van der Waals surface area contributed by atoms with Crippen molar-refractivity contribution in [3.05, 3.63) is 12.2 Å². The summed E-state index contributed by atoms with van der Waals surface area (Å²) in [5.41, 5.74) is 0. The Hall–Kier alpha value is -0.900. The van der Waals surface area contributed by atoms with Crippen molar-refractivity contribution in [2.45, 2.75) is 6.61 Å². The fourth-order valence-electron chi connectivity index (χ4n) is 0.579. The van der Waals surface area contributed by atoms with Gasteiger partial charge in [-0.2, -0.15) is 5.10 Å². The van der Waals surface area contributed by atoms with Crippen LogP contribution < -0.4 is 0 Å². The molecule has 1 heterocycles. The first kappa shape index (κ1) is 6.22. The van der Waals surface area contributed by atoms with Crippen molar-refractivity contribution in [1.82, 2.24) is 14.8 Å². The van der Waals surface area contributed by atoms with Crippen LogP contribution in [0.25, 0.3) is 0 Å². The molecule has 9 heavy (non-hydrogen) atoms. The molecule has 0 bridgehead atoms. The smallest absolute Gasteiger partial charge is 0.176 e. The van der Waals surface area contributed by atoms with Crippen LogP contribution in [0.15, 0.2) is 6.33 Å². The Balaban J connectivity index is 2.61. The third-order valence-electron chi connectivity index (χ3n) is 0.920. The summed E-state index contributed by atoms with van der Waals surface area (Å²) in [6, 6.07) is 0. The normalized spacial score (nSPS) is 10.0. The minimum atomic E-state index is 0.487. The first-order chi connectivity index (χ1) is 4.33. The highest BCUT2D eigenvalue weighted by molar-refractivity contribution is 4.76. The quantitative estimate of drug-likeness (QED) is 0.559. The number of methoxy groups -OCH3 is 1. The lowest BCUT2D eigenvalue weighted by Crippen LogP contribution is -1.92. The summed E-state index contributed by atoms with van der Waals surface area (Å²) in [5.74, 6) is 0.722. The highest BCUT2D eigenvalue weighted by atomic mass is 16.5. The van der Waals surface area contributed by atoms with E-state index in [0.717, 1.165) is 5.82 Å². The molecule has 4 heteroatoms. The van der Waals surface area contributed by atoms with Gasteiger partial charge in [-0.15, -0.1) is 0 Å². The van der Waals surface area contributed by atoms with E-state index in [2.05, 4.69) is 10.1 Å². The molecule has 0 unspecified atom stereocenters. The number of aryl methyl sites for hydroxylation is 1. The molecule has 0 atom stereocenters. The van der Waals surface area contributed by atoms with Gasteiger partial charge in [-0.1, -0.05) is 0 Å². The van der Waals surface area contributed by atoms with Crippen LogP contribution in [0.5, 0.6) is 0 Å². The van der Waals surface area contributed by atoms with Gasteiger partial charge in [0.15, 0.2) is 5.82 Å². The van der Waals surface area contributed by atoms with Crippen LogP contribution in [0.3, 0.4) is 0 Å². The first-order valence-electron chi connectivity index (χ1n) is 2.66. The molecule has 0 aromatic carbocycles. The first-order valence-corrected chi connectivity index (χ1v) is 2.66. The Morgan fingerprint density at radius 2 is 2.56 bits per heavy atom. The lowest BCUT2D eigenvalue weighted by Gasteiger charge is -1.87. The van der Waals surface area contributed by atoms with Gasteiger partial charge in [-0.25, -0.2) is 4.98 Å². The largest absolute Gasteiger partial charge is 0.377 e. The molecule has 0 radical (unpaired) electrons. The summed E-state index contributed by atoms with van der Waals surface area (Å²) in [5, 5.41) is 3.98. The zero-order chi connectivity index (χ0) is 6.69. The van der Waals surface area contributed by atoms with E-state index >= 15 is 0 Å². The van der Waals surface area contributed by atoms with Crippen molar-refractivity contribution in [1.29, 1.82) is 0 Å². The summed E-state index contributed by atoms with van der Waals surface area (Å²) in [6.45, 7) is 0.487. The molecule has 0 aliphatic carbocycles. The van der Waals surface area contributed by atoms with Gasteiger partial charge >= 0.3 is 0 Å². The molecule has 0 saturated heterocycles. The summed E-state index contributed by atoms with van der Waals surface area (Å²) in [6.07, 6.45) is 1.65. The van der Waals surface area contributed by atoms with E-state index in [0.29, 0.717) is 6.61 Å². The van der Waals surface area contributed by atoms with E-state index in [4.69, 9.17) is 4.74 Å². The molecule has 0 N–H and O–H groups in total. The number of aromatic nitrogens is 3. The Labute approximate surface area is 53.5 Å². The maximum atomic E-state index is 4.80. The number of hydrogen-bond donors (Lipinski definition) is 0. The molecule has 1 aromatic heterocycles. The summed E-state index contributed by atoms with van der Waals surface area (Å²) in [4.78, 5) is 3.93. The minimum Gasteiger partial charge on any atom is -0.377 e. The lowest BCUT2D eigenvalue weighted by atomic mass is 10.7. The molecular weight excluding hydrogens is 118 g/mol. The van der Waals surface area contributed by atoms with Gasteiger partial charge in [-0.05, 0) is 0 Å². The van der Waals surface area contributed by atoms with E-state index in [1.807, 2.05) is 7.05 Å². The van der Waals surface area contributed by atoms with Gasteiger partial charge < -0.3 is 4.74 Å². The van der Waals surface area contributed by atoms with Crippen LogP contribution in [-0.2, 0) is 18.4 Å². The summed E-state index contributed by atoms with van der Waals surface area (Å²) >= 11 is 0. The van der Waals surface area contributed by atoms with Gasteiger partial charge in [0.1, 0.15) is 12.9 Å². The second-order valence-electron chi connectivity index (χ2n) is 1.77. The van der Waals surface area contributed by atoms with Crippen molar-refractivity contribution in [2.24, 2.45) is 7.05 Å². The van der Waals surface area contributed by atoms with Crippen LogP contribution >= 0.6 is 0 Å². The molecule has 1 rings (SSSR count). The zero-order valence-electron chi connectivity index (χ0n) is 5.53. The number of rotatable bonds is 2. The molecule has 0 amide bonds. The molecule has 1 aromatic rings. The van der Waals surface area contributed by atoms with E-state index in [1.165, 1.54) is 0 Å². The second-order valence-corrected chi connectivity index (χ2v) is 1.77. The van der Waals surface area contributed by atoms with E-state index < -0.39 is 0 Å². The van der Waals surface area contributed by atoms with E-state index in [1.54, 1.807) is 18.1 Å². The van der Waals surface area contributed by atoms with Crippen molar-refractivity contribution < 1.29 is 4.74 Å². The number of hydrogen-bond acceptors (Lipinski definition) is 3. The molecular formula is C5H9N3O. The maximum Gasteiger partial charge on any atom is 0.176 e. The standard InChI is InChI=1S/C5H9N3O/c1-8-4-6-5(7-8)3-9-2/h4H,3H2,1-2H3. The molecule has 0 saturated carbocycles. The fraction of sp³-hybridized carbons (Fsp3) is 0.600. The molecule has 0 aliphatic heterocycles. The monoisotopic (exact) mass is 127 g/mol. The summed E-state index contributed by atoms with van der Waals surface area (Å²) in [7, 11) is 3.45. The molecule has 0 aliphatic rings.